The summed E-state index contributed by atoms with van der Waals surface area (Å²) >= 11 is 0. The predicted octanol–water partition coefficient (Wildman–Crippen LogP) is 0.826. The number of carbonyl (C=O) groups excluding carboxylic acids is 1. The first kappa shape index (κ1) is 10.0. The molecular formula is C10H14N2O3. The molecule has 1 atom stereocenters. The minimum Gasteiger partial charge on any atom is -0.441 e. The Labute approximate surface area is 87.9 Å². The van der Waals surface area contributed by atoms with Crippen LogP contribution in [0.15, 0.2) is 18.5 Å². The van der Waals surface area contributed by atoms with Crippen molar-refractivity contribution in [3.8, 4) is 0 Å². The Hall–Kier alpha value is -1.49. The number of amides is 1. The largest absolute Gasteiger partial charge is 0.441 e. The molecule has 1 amide bonds. The Kier molecular flexibility index (Phi) is 2.64. The van der Waals surface area contributed by atoms with Gasteiger partial charge in [-0.15, -0.1) is 0 Å². The van der Waals surface area contributed by atoms with Gasteiger partial charge in [-0.1, -0.05) is 0 Å². The Bertz CT molecular complexity index is 361. The highest BCUT2D eigenvalue weighted by atomic mass is 16.6. The molecule has 0 aliphatic carbocycles. The van der Waals surface area contributed by atoms with Crippen LogP contribution in [0.5, 0.6) is 0 Å². The number of carbonyl (C=O) groups is 1. The molecule has 15 heavy (non-hydrogen) atoms. The van der Waals surface area contributed by atoms with Gasteiger partial charge in [-0.3, -0.25) is 4.90 Å². The molecule has 82 valence electrons. The van der Waals surface area contributed by atoms with Gasteiger partial charge in [0.05, 0.1) is 18.8 Å². The Morgan fingerprint density at radius 3 is 3.00 bits per heavy atom. The van der Waals surface area contributed by atoms with Gasteiger partial charge in [0.25, 0.3) is 0 Å². The number of aryl methyl sites for hydroxylation is 1. The van der Waals surface area contributed by atoms with Gasteiger partial charge in [-0.2, -0.15) is 0 Å². The quantitative estimate of drug-likeness (QED) is 0.803. The summed E-state index contributed by atoms with van der Waals surface area (Å²) in [5.41, 5.74) is 0.817. The summed E-state index contributed by atoms with van der Waals surface area (Å²) in [4.78, 5) is 13.0. The molecule has 1 N–H and O–H groups in total. The number of cyclic esters (lactones) is 1. The van der Waals surface area contributed by atoms with Crippen molar-refractivity contribution in [1.29, 1.82) is 0 Å². The maximum atomic E-state index is 11.4. The van der Waals surface area contributed by atoms with E-state index in [2.05, 4.69) is 0 Å². The number of hydrogen-bond acceptors (Lipinski definition) is 3. The van der Waals surface area contributed by atoms with Crippen molar-refractivity contribution in [3.05, 3.63) is 18.5 Å². The second-order valence-electron chi connectivity index (χ2n) is 3.50. The Balaban J connectivity index is 2.14. The lowest BCUT2D eigenvalue weighted by molar-refractivity contribution is 0.0963. The van der Waals surface area contributed by atoms with Crippen molar-refractivity contribution in [2.75, 3.05) is 18.1 Å². The van der Waals surface area contributed by atoms with Gasteiger partial charge in [-0.25, -0.2) is 4.79 Å². The van der Waals surface area contributed by atoms with Gasteiger partial charge < -0.3 is 14.4 Å². The van der Waals surface area contributed by atoms with Crippen LogP contribution in [0.4, 0.5) is 10.5 Å². The first-order valence-electron chi connectivity index (χ1n) is 4.99. The smallest absolute Gasteiger partial charge is 0.414 e. The Morgan fingerprint density at radius 2 is 2.47 bits per heavy atom. The van der Waals surface area contributed by atoms with Crippen LogP contribution < -0.4 is 4.90 Å². The fraction of sp³-hybridized carbons (Fsp3) is 0.500. The number of anilines is 1. The van der Waals surface area contributed by atoms with E-state index < -0.39 is 6.10 Å². The normalized spacial score (nSPS) is 20.8. The molecule has 0 spiro atoms. The van der Waals surface area contributed by atoms with Crippen LogP contribution in [0.25, 0.3) is 0 Å². The SMILES string of the molecule is CCn1ccc(N2CC(CO)OC2=O)c1. The first-order valence-corrected chi connectivity index (χ1v) is 4.99. The van der Waals surface area contributed by atoms with Crippen LogP contribution >= 0.6 is 0 Å². The molecule has 0 bridgehead atoms. The van der Waals surface area contributed by atoms with E-state index in [1.807, 2.05) is 30.0 Å². The molecule has 5 heteroatoms. The van der Waals surface area contributed by atoms with E-state index in [-0.39, 0.29) is 12.7 Å². The van der Waals surface area contributed by atoms with Crippen LogP contribution in [0.2, 0.25) is 0 Å². The summed E-state index contributed by atoms with van der Waals surface area (Å²) in [6.45, 7) is 3.19. The molecule has 1 saturated heterocycles. The number of aliphatic hydroxyl groups excluding tert-OH is 1. The highest BCUT2D eigenvalue weighted by molar-refractivity contribution is 5.89. The lowest BCUT2D eigenvalue weighted by atomic mass is 10.3. The third kappa shape index (κ3) is 1.83. The van der Waals surface area contributed by atoms with Gasteiger partial charge in [0.2, 0.25) is 0 Å². The molecular weight excluding hydrogens is 196 g/mol. The van der Waals surface area contributed by atoms with E-state index in [1.165, 1.54) is 4.90 Å². The number of aromatic nitrogens is 1. The van der Waals surface area contributed by atoms with Crippen molar-refractivity contribution in [2.45, 2.75) is 19.6 Å². The number of rotatable bonds is 3. The molecule has 1 aliphatic heterocycles. The maximum Gasteiger partial charge on any atom is 0.414 e. The van der Waals surface area contributed by atoms with Crippen molar-refractivity contribution >= 4 is 11.8 Å². The van der Waals surface area contributed by atoms with E-state index >= 15 is 0 Å². The summed E-state index contributed by atoms with van der Waals surface area (Å²) in [5.74, 6) is 0. The minimum atomic E-state index is -0.400. The highest BCUT2D eigenvalue weighted by Gasteiger charge is 2.32. The topological polar surface area (TPSA) is 54.7 Å². The fourth-order valence-corrected chi connectivity index (χ4v) is 1.61. The van der Waals surface area contributed by atoms with Crippen LogP contribution in [-0.4, -0.2) is 35.0 Å². The van der Waals surface area contributed by atoms with Gasteiger partial charge in [0.1, 0.15) is 6.10 Å². The zero-order valence-electron chi connectivity index (χ0n) is 8.59. The second-order valence-corrected chi connectivity index (χ2v) is 3.50. The zero-order valence-corrected chi connectivity index (χ0v) is 8.59. The summed E-state index contributed by atoms with van der Waals surface area (Å²) < 4.78 is 6.93. The van der Waals surface area contributed by atoms with Crippen molar-refractivity contribution in [1.82, 2.24) is 4.57 Å². The summed E-state index contributed by atoms with van der Waals surface area (Å²) in [5, 5.41) is 8.89. The molecule has 0 radical (unpaired) electrons. The summed E-state index contributed by atoms with van der Waals surface area (Å²) in [6.07, 6.45) is 3.01. The molecule has 1 fully saturated rings. The van der Waals surface area contributed by atoms with E-state index in [9.17, 15) is 4.79 Å². The number of nitrogens with zero attached hydrogens (tertiary/aromatic N) is 2. The number of aliphatic hydroxyl groups is 1. The molecule has 2 rings (SSSR count). The molecule has 5 nitrogen and oxygen atoms in total. The zero-order chi connectivity index (χ0) is 10.8. The number of ether oxygens (including phenoxy) is 1. The van der Waals surface area contributed by atoms with Crippen LogP contribution in [0, 0.1) is 0 Å². The van der Waals surface area contributed by atoms with Crippen molar-refractivity contribution in [2.24, 2.45) is 0 Å². The molecule has 2 heterocycles. The number of hydrogen-bond donors (Lipinski definition) is 1. The molecule has 1 aliphatic rings. The van der Waals surface area contributed by atoms with E-state index in [1.54, 1.807) is 0 Å². The minimum absolute atomic E-state index is 0.128. The fourth-order valence-electron chi connectivity index (χ4n) is 1.61. The second kappa shape index (κ2) is 3.94. The monoisotopic (exact) mass is 210 g/mol. The molecule has 0 saturated carbocycles. The van der Waals surface area contributed by atoms with E-state index in [4.69, 9.17) is 9.84 Å². The van der Waals surface area contributed by atoms with Gasteiger partial charge in [0.15, 0.2) is 0 Å². The average molecular weight is 210 g/mol. The third-order valence-electron chi connectivity index (χ3n) is 2.49. The highest BCUT2D eigenvalue weighted by Crippen LogP contribution is 2.21. The predicted molar refractivity (Wildman–Crippen MR) is 54.8 cm³/mol. The lowest BCUT2D eigenvalue weighted by Gasteiger charge is -2.09. The van der Waals surface area contributed by atoms with Crippen LogP contribution in [-0.2, 0) is 11.3 Å². The van der Waals surface area contributed by atoms with Gasteiger partial charge in [0, 0.05) is 18.9 Å². The molecule has 1 aromatic heterocycles. The molecule has 1 aromatic rings. The van der Waals surface area contributed by atoms with Gasteiger partial charge in [-0.05, 0) is 13.0 Å². The standard InChI is InChI=1S/C10H14N2O3/c1-2-11-4-3-8(5-11)12-6-9(7-13)15-10(12)14/h3-5,9,13H,2,6-7H2,1H3. The molecule has 1 unspecified atom stereocenters. The Morgan fingerprint density at radius 1 is 1.67 bits per heavy atom. The van der Waals surface area contributed by atoms with E-state index in [0.29, 0.717) is 6.54 Å². The van der Waals surface area contributed by atoms with Crippen LogP contribution in [0.1, 0.15) is 6.92 Å². The van der Waals surface area contributed by atoms with Gasteiger partial charge >= 0.3 is 6.09 Å². The third-order valence-corrected chi connectivity index (χ3v) is 2.49. The van der Waals surface area contributed by atoms with Crippen molar-refractivity contribution < 1.29 is 14.6 Å². The van der Waals surface area contributed by atoms with E-state index in [0.717, 1.165) is 12.2 Å². The first-order chi connectivity index (χ1) is 7.24. The average Bonchev–Trinajstić information content (AvgIpc) is 2.83. The van der Waals surface area contributed by atoms with Crippen molar-refractivity contribution in [3.63, 3.8) is 0 Å². The maximum absolute atomic E-state index is 11.4. The molecule has 0 aromatic carbocycles. The lowest BCUT2D eigenvalue weighted by Crippen LogP contribution is -2.24. The van der Waals surface area contributed by atoms with Crippen LogP contribution in [0.3, 0.4) is 0 Å². The summed E-state index contributed by atoms with van der Waals surface area (Å²) in [6, 6.07) is 1.87. The summed E-state index contributed by atoms with van der Waals surface area (Å²) in [7, 11) is 0.